The minimum Gasteiger partial charge on any atom is -0.345 e. The van der Waals surface area contributed by atoms with Crippen LogP contribution in [-0.2, 0) is 19.3 Å². The number of carbonyl (C=O) groups is 1. The van der Waals surface area contributed by atoms with Crippen molar-refractivity contribution < 1.29 is 22.4 Å². The van der Waals surface area contributed by atoms with Crippen molar-refractivity contribution in [3.63, 3.8) is 0 Å². The molecule has 1 aliphatic carbocycles. The summed E-state index contributed by atoms with van der Waals surface area (Å²) >= 11 is 6.00. The zero-order valence-corrected chi connectivity index (χ0v) is 22.8. The third-order valence-corrected chi connectivity index (χ3v) is 7.63. The molecule has 1 aliphatic heterocycles. The molecule has 2 fully saturated rings. The number of likely N-dealkylation sites (N-methyl/N-ethyl adjacent to an activating group) is 1. The third-order valence-electron chi connectivity index (χ3n) is 7.34. The Kier molecular flexibility index (Phi) is 7.52. The van der Waals surface area contributed by atoms with E-state index in [1.165, 1.54) is 29.1 Å². The first kappa shape index (κ1) is 27.9. The number of alkyl halides is 3. The number of hydrogen-bond donors (Lipinski definition) is 2. The fourth-order valence-electron chi connectivity index (χ4n) is 5.01. The standard InChI is InChI=1S/C28H29ClF4N6O/c1-3-39-15-21(25(36-39)28(31,32)33)19-10-16(14-38-9-8-37(2)27(38)34)11-20(12-19)26(40)35-24(17-4-5-17)18-6-7-23(30)22(29)13-18/h6-7,10-13,15,17,24,34H,3-5,8-9,14H2,1-2H3,(H,35,40)/t24-/m0/s1. The lowest BCUT2D eigenvalue weighted by atomic mass is 9.97. The van der Waals surface area contributed by atoms with Gasteiger partial charge < -0.3 is 15.1 Å². The van der Waals surface area contributed by atoms with Crippen molar-refractivity contribution in [3.05, 3.63) is 75.8 Å². The van der Waals surface area contributed by atoms with E-state index >= 15 is 0 Å². The third kappa shape index (κ3) is 5.79. The van der Waals surface area contributed by atoms with E-state index in [1.807, 2.05) is 0 Å². The molecule has 212 valence electrons. The van der Waals surface area contributed by atoms with Crippen molar-refractivity contribution in [1.29, 1.82) is 5.41 Å². The topological polar surface area (TPSA) is 77.2 Å². The molecule has 0 spiro atoms. The predicted octanol–water partition coefficient (Wildman–Crippen LogP) is 5.94. The van der Waals surface area contributed by atoms with Crippen LogP contribution in [0.5, 0.6) is 0 Å². The summed E-state index contributed by atoms with van der Waals surface area (Å²) in [6.07, 6.45) is -1.60. The van der Waals surface area contributed by atoms with Crippen molar-refractivity contribution in [2.45, 2.75) is 45.1 Å². The maximum absolute atomic E-state index is 13.9. The molecule has 12 heteroatoms. The molecule has 0 unspecified atom stereocenters. The molecule has 2 heterocycles. The van der Waals surface area contributed by atoms with Gasteiger partial charge in [-0.15, -0.1) is 0 Å². The summed E-state index contributed by atoms with van der Waals surface area (Å²) < 4.78 is 56.9. The summed E-state index contributed by atoms with van der Waals surface area (Å²) in [4.78, 5) is 17.2. The van der Waals surface area contributed by atoms with Gasteiger partial charge in [0.05, 0.1) is 11.1 Å². The van der Waals surface area contributed by atoms with Crippen LogP contribution in [0.15, 0.2) is 42.6 Å². The van der Waals surface area contributed by atoms with Crippen molar-refractivity contribution in [2.75, 3.05) is 20.1 Å². The number of aromatic nitrogens is 2. The number of nitrogens with zero attached hydrogens (tertiary/aromatic N) is 4. The first-order valence-corrected chi connectivity index (χ1v) is 13.4. The summed E-state index contributed by atoms with van der Waals surface area (Å²) in [5, 5.41) is 15.0. The molecular formula is C28H29ClF4N6O. The maximum Gasteiger partial charge on any atom is 0.435 e. The molecule has 40 heavy (non-hydrogen) atoms. The number of nitrogens with one attached hydrogen (secondary N) is 2. The fourth-order valence-corrected chi connectivity index (χ4v) is 5.19. The highest BCUT2D eigenvalue weighted by Gasteiger charge is 2.38. The molecule has 2 aliphatic rings. The van der Waals surface area contributed by atoms with E-state index in [-0.39, 0.29) is 40.7 Å². The van der Waals surface area contributed by atoms with Crippen LogP contribution in [0.2, 0.25) is 5.02 Å². The van der Waals surface area contributed by atoms with Crippen molar-refractivity contribution in [2.24, 2.45) is 5.92 Å². The number of halogens is 5. The van der Waals surface area contributed by atoms with Crippen LogP contribution in [0, 0.1) is 17.1 Å². The van der Waals surface area contributed by atoms with E-state index < -0.39 is 29.6 Å². The van der Waals surface area contributed by atoms with Crippen LogP contribution < -0.4 is 5.32 Å². The van der Waals surface area contributed by atoms with E-state index in [4.69, 9.17) is 17.0 Å². The molecule has 2 aromatic carbocycles. The second kappa shape index (κ2) is 10.8. The Balaban J connectivity index is 1.53. The predicted molar refractivity (Wildman–Crippen MR) is 143 cm³/mol. The lowest BCUT2D eigenvalue weighted by molar-refractivity contribution is -0.141. The summed E-state index contributed by atoms with van der Waals surface area (Å²) in [6.45, 7) is 3.42. The Labute approximate surface area is 234 Å². The van der Waals surface area contributed by atoms with Crippen LogP contribution >= 0.6 is 11.6 Å². The molecule has 5 rings (SSSR count). The Bertz CT molecular complexity index is 1450. The van der Waals surface area contributed by atoms with Gasteiger partial charge in [0, 0.05) is 50.6 Å². The molecule has 1 saturated heterocycles. The van der Waals surface area contributed by atoms with Gasteiger partial charge in [-0.05, 0) is 72.7 Å². The number of amides is 1. The van der Waals surface area contributed by atoms with Crippen LogP contribution in [0.1, 0.15) is 53.0 Å². The Morgan fingerprint density at radius 2 is 1.95 bits per heavy atom. The number of guanidine groups is 1. The van der Waals surface area contributed by atoms with E-state index in [2.05, 4.69) is 10.4 Å². The van der Waals surface area contributed by atoms with Crippen LogP contribution in [-0.4, -0.2) is 51.6 Å². The van der Waals surface area contributed by atoms with Crippen molar-refractivity contribution >= 4 is 23.5 Å². The lowest BCUT2D eigenvalue weighted by Crippen LogP contribution is -2.31. The Morgan fingerprint density at radius 1 is 1.20 bits per heavy atom. The summed E-state index contributed by atoms with van der Waals surface area (Å²) in [5.74, 6) is -0.582. The molecule has 0 bridgehead atoms. The quantitative estimate of drug-likeness (QED) is 0.325. The van der Waals surface area contributed by atoms with Gasteiger partial charge in [0.25, 0.3) is 5.91 Å². The molecule has 1 amide bonds. The number of benzene rings is 2. The zero-order chi connectivity index (χ0) is 28.8. The summed E-state index contributed by atoms with van der Waals surface area (Å²) in [6, 6.07) is 8.60. The molecule has 7 nitrogen and oxygen atoms in total. The molecule has 1 aromatic heterocycles. The number of aryl methyl sites for hydroxylation is 1. The van der Waals surface area contributed by atoms with Gasteiger partial charge in [-0.1, -0.05) is 17.7 Å². The first-order chi connectivity index (χ1) is 18.9. The van der Waals surface area contributed by atoms with Crippen LogP contribution in [0.25, 0.3) is 11.1 Å². The fraction of sp³-hybridized carbons (Fsp3) is 0.393. The SMILES string of the molecule is CCn1cc(-c2cc(CN3CCN(C)C3=N)cc(C(=O)N[C@H](c3ccc(F)c(Cl)c3)C3CC3)c2)c(C(F)(F)F)n1. The monoisotopic (exact) mass is 576 g/mol. The molecule has 0 radical (unpaired) electrons. The Morgan fingerprint density at radius 3 is 2.55 bits per heavy atom. The number of hydrogen-bond acceptors (Lipinski definition) is 3. The van der Waals surface area contributed by atoms with Crippen molar-refractivity contribution in [1.82, 2.24) is 24.9 Å². The number of carbonyl (C=O) groups excluding carboxylic acids is 1. The maximum atomic E-state index is 13.9. The van der Waals surface area contributed by atoms with Gasteiger partial charge in [-0.2, -0.15) is 18.3 Å². The minimum atomic E-state index is -4.69. The second-order valence-electron chi connectivity index (χ2n) is 10.3. The molecular weight excluding hydrogens is 548 g/mol. The van der Waals surface area contributed by atoms with Gasteiger partial charge in [-0.3, -0.25) is 14.9 Å². The van der Waals surface area contributed by atoms with E-state index in [9.17, 15) is 22.4 Å². The number of rotatable bonds is 8. The largest absolute Gasteiger partial charge is 0.435 e. The van der Waals surface area contributed by atoms with E-state index in [0.29, 0.717) is 30.2 Å². The summed E-state index contributed by atoms with van der Waals surface area (Å²) in [5.41, 5.74) is 0.499. The molecule has 3 aromatic rings. The van der Waals surface area contributed by atoms with E-state index in [1.54, 1.807) is 42.0 Å². The highest BCUT2D eigenvalue weighted by atomic mass is 35.5. The highest BCUT2D eigenvalue weighted by molar-refractivity contribution is 6.30. The van der Waals surface area contributed by atoms with Crippen LogP contribution in [0.3, 0.4) is 0 Å². The summed E-state index contributed by atoms with van der Waals surface area (Å²) in [7, 11) is 1.80. The van der Waals surface area contributed by atoms with Crippen LogP contribution in [0.4, 0.5) is 17.6 Å². The first-order valence-electron chi connectivity index (χ1n) is 13.0. The second-order valence-corrected chi connectivity index (χ2v) is 10.7. The van der Waals surface area contributed by atoms with Crippen molar-refractivity contribution in [3.8, 4) is 11.1 Å². The Hall–Kier alpha value is -3.60. The van der Waals surface area contributed by atoms with Gasteiger partial charge in [0.2, 0.25) is 0 Å². The highest BCUT2D eigenvalue weighted by Crippen LogP contribution is 2.42. The smallest absolute Gasteiger partial charge is 0.345 e. The molecule has 1 atom stereocenters. The normalized spacial score (nSPS) is 16.5. The molecule has 1 saturated carbocycles. The van der Waals surface area contributed by atoms with Gasteiger partial charge in [0.1, 0.15) is 5.82 Å². The average molecular weight is 577 g/mol. The van der Waals surface area contributed by atoms with Gasteiger partial charge in [-0.25, -0.2) is 4.39 Å². The van der Waals surface area contributed by atoms with Gasteiger partial charge >= 0.3 is 6.18 Å². The molecule has 2 N–H and O–H groups in total. The average Bonchev–Trinajstić information content (AvgIpc) is 3.57. The lowest BCUT2D eigenvalue weighted by Gasteiger charge is -2.22. The van der Waals surface area contributed by atoms with Gasteiger partial charge in [0.15, 0.2) is 11.7 Å². The minimum absolute atomic E-state index is 0.0488. The van der Waals surface area contributed by atoms with E-state index in [0.717, 1.165) is 12.8 Å². The zero-order valence-electron chi connectivity index (χ0n) is 22.0.